The first-order chi connectivity index (χ1) is 9.04. The third kappa shape index (κ3) is 3.91. The summed E-state index contributed by atoms with van der Waals surface area (Å²) in [5.41, 5.74) is -0.0724. The van der Waals surface area contributed by atoms with E-state index >= 15 is 0 Å². The molecule has 0 aliphatic rings. The molecule has 0 bridgehead atoms. The van der Waals surface area contributed by atoms with Crippen molar-refractivity contribution in [3.63, 3.8) is 0 Å². The van der Waals surface area contributed by atoms with Crippen molar-refractivity contribution >= 4 is 11.8 Å². The molecule has 0 aliphatic carbocycles. The molecule has 1 rings (SSSR count). The lowest BCUT2D eigenvalue weighted by atomic mass is 9.80. The zero-order chi connectivity index (χ0) is 14.3. The van der Waals surface area contributed by atoms with Gasteiger partial charge in [-0.2, -0.15) is 0 Å². The van der Waals surface area contributed by atoms with Gasteiger partial charge in [0.15, 0.2) is 0 Å². The van der Waals surface area contributed by atoms with E-state index < -0.39 is 11.4 Å². The maximum Gasteiger partial charge on any atom is 0.319 e. The molecular weight excluding hydrogens is 240 g/mol. The lowest BCUT2D eigenvalue weighted by Gasteiger charge is -2.25. The highest BCUT2D eigenvalue weighted by molar-refractivity contribution is 6.03. The van der Waals surface area contributed by atoms with Crippen molar-refractivity contribution in [3.05, 3.63) is 35.9 Å². The normalized spacial score (nSPS) is 13.6. The maximum atomic E-state index is 12.2. The first-order valence-electron chi connectivity index (χ1n) is 6.79. The van der Waals surface area contributed by atoms with Gasteiger partial charge in [0.05, 0.1) is 0 Å². The molecule has 0 aromatic heterocycles. The molecule has 1 unspecified atom stereocenters. The van der Waals surface area contributed by atoms with Gasteiger partial charge >= 0.3 is 5.97 Å². The quantitative estimate of drug-likeness (QED) is 0.558. The number of hydrogen-bond donors (Lipinski definition) is 0. The van der Waals surface area contributed by atoms with Crippen LogP contribution >= 0.6 is 0 Å². The second kappa shape index (κ2) is 7.07. The fraction of sp³-hybridized carbons (Fsp3) is 0.500. The first kappa shape index (κ1) is 15.4. The Morgan fingerprint density at radius 3 is 2.32 bits per heavy atom. The molecule has 1 aromatic carbocycles. The second-order valence-corrected chi connectivity index (χ2v) is 4.92. The highest BCUT2D eigenvalue weighted by atomic mass is 16.5. The van der Waals surface area contributed by atoms with E-state index in [0.717, 1.165) is 12.0 Å². The van der Waals surface area contributed by atoms with Crippen LogP contribution in [0.3, 0.4) is 0 Å². The summed E-state index contributed by atoms with van der Waals surface area (Å²) >= 11 is 0. The summed E-state index contributed by atoms with van der Waals surface area (Å²) in [4.78, 5) is 24.2. The average molecular weight is 262 g/mol. The van der Waals surface area contributed by atoms with Crippen LogP contribution in [0.4, 0.5) is 0 Å². The van der Waals surface area contributed by atoms with Crippen LogP contribution in [0.2, 0.25) is 0 Å². The van der Waals surface area contributed by atoms with Gasteiger partial charge in [0.1, 0.15) is 17.8 Å². The molecule has 3 nitrogen and oxygen atoms in total. The van der Waals surface area contributed by atoms with Gasteiger partial charge in [0.25, 0.3) is 0 Å². The average Bonchev–Trinajstić information content (AvgIpc) is 2.45. The van der Waals surface area contributed by atoms with Gasteiger partial charge in [-0.1, -0.05) is 50.6 Å². The van der Waals surface area contributed by atoms with Crippen LogP contribution in [0.25, 0.3) is 0 Å². The molecule has 0 saturated carbocycles. The van der Waals surface area contributed by atoms with E-state index in [2.05, 4.69) is 0 Å². The Morgan fingerprint density at radius 1 is 1.16 bits per heavy atom. The fourth-order valence-electron chi connectivity index (χ4n) is 2.13. The first-order valence-corrected chi connectivity index (χ1v) is 6.79. The minimum Gasteiger partial charge on any atom is -0.460 e. The van der Waals surface area contributed by atoms with Crippen LogP contribution in [-0.4, -0.2) is 11.8 Å². The highest BCUT2D eigenvalue weighted by Crippen LogP contribution is 2.28. The van der Waals surface area contributed by atoms with Crippen LogP contribution in [0.5, 0.6) is 0 Å². The van der Waals surface area contributed by atoms with Crippen molar-refractivity contribution in [1.82, 2.24) is 0 Å². The predicted octanol–water partition coefficient (Wildman–Crippen LogP) is 3.52. The van der Waals surface area contributed by atoms with E-state index in [-0.39, 0.29) is 12.4 Å². The van der Waals surface area contributed by atoms with Crippen LogP contribution < -0.4 is 0 Å². The third-order valence-electron chi connectivity index (χ3n) is 3.35. The molecule has 0 saturated heterocycles. The van der Waals surface area contributed by atoms with Gasteiger partial charge in [-0.3, -0.25) is 9.59 Å². The Balaban J connectivity index is 2.70. The molecule has 0 heterocycles. The SMILES string of the molecule is CCCC(C)(C(=O)CC)C(=O)OCc1ccccc1. The molecule has 0 fully saturated rings. The smallest absolute Gasteiger partial charge is 0.319 e. The lowest BCUT2D eigenvalue weighted by Crippen LogP contribution is -2.37. The second-order valence-electron chi connectivity index (χ2n) is 4.92. The number of ketones is 1. The largest absolute Gasteiger partial charge is 0.460 e. The summed E-state index contributed by atoms with van der Waals surface area (Å²) in [6.45, 7) is 5.65. The summed E-state index contributed by atoms with van der Waals surface area (Å²) in [6.07, 6.45) is 1.67. The van der Waals surface area contributed by atoms with E-state index in [4.69, 9.17) is 4.74 Å². The number of carbonyl (C=O) groups excluding carboxylic acids is 2. The van der Waals surface area contributed by atoms with Gasteiger partial charge in [0.2, 0.25) is 0 Å². The Bertz CT molecular complexity index is 425. The Kier molecular flexibility index (Phi) is 5.74. The van der Waals surface area contributed by atoms with Crippen molar-refractivity contribution in [2.75, 3.05) is 0 Å². The van der Waals surface area contributed by atoms with Gasteiger partial charge < -0.3 is 4.74 Å². The highest BCUT2D eigenvalue weighted by Gasteiger charge is 2.40. The van der Waals surface area contributed by atoms with Gasteiger partial charge in [-0.15, -0.1) is 0 Å². The van der Waals surface area contributed by atoms with Crippen LogP contribution in [0, 0.1) is 5.41 Å². The summed E-state index contributed by atoms with van der Waals surface area (Å²) in [6, 6.07) is 9.49. The van der Waals surface area contributed by atoms with Crippen molar-refractivity contribution < 1.29 is 14.3 Å². The van der Waals surface area contributed by atoms with Crippen molar-refractivity contribution in [1.29, 1.82) is 0 Å². The monoisotopic (exact) mass is 262 g/mol. The number of rotatable bonds is 7. The predicted molar refractivity (Wildman–Crippen MR) is 74.6 cm³/mol. The Morgan fingerprint density at radius 2 is 1.79 bits per heavy atom. The van der Waals surface area contributed by atoms with E-state index in [1.54, 1.807) is 13.8 Å². The van der Waals surface area contributed by atoms with E-state index in [0.29, 0.717) is 12.8 Å². The standard InChI is InChI=1S/C16H22O3/c1-4-11-16(3,14(17)5-2)15(18)19-12-13-9-7-6-8-10-13/h6-10H,4-5,11-12H2,1-3H3. The molecule has 104 valence electrons. The van der Waals surface area contributed by atoms with Crippen LogP contribution in [-0.2, 0) is 20.9 Å². The summed E-state index contributed by atoms with van der Waals surface area (Å²) in [5, 5.41) is 0. The molecular formula is C16H22O3. The Labute approximate surface area is 115 Å². The van der Waals surface area contributed by atoms with Crippen molar-refractivity contribution in [2.45, 2.75) is 46.6 Å². The number of hydrogen-bond acceptors (Lipinski definition) is 3. The minimum absolute atomic E-state index is 0.0487. The number of esters is 1. The summed E-state index contributed by atoms with van der Waals surface area (Å²) < 4.78 is 5.31. The van der Waals surface area contributed by atoms with E-state index in [1.807, 2.05) is 37.3 Å². The summed E-state index contributed by atoms with van der Waals surface area (Å²) in [5.74, 6) is -0.461. The van der Waals surface area contributed by atoms with Gasteiger partial charge in [-0.25, -0.2) is 0 Å². The molecule has 0 amide bonds. The van der Waals surface area contributed by atoms with Gasteiger partial charge in [-0.05, 0) is 18.9 Å². The van der Waals surface area contributed by atoms with E-state index in [9.17, 15) is 9.59 Å². The van der Waals surface area contributed by atoms with Gasteiger partial charge in [0, 0.05) is 6.42 Å². The zero-order valence-corrected chi connectivity index (χ0v) is 11.9. The van der Waals surface area contributed by atoms with E-state index in [1.165, 1.54) is 0 Å². The number of benzene rings is 1. The van der Waals surface area contributed by atoms with Crippen LogP contribution in [0.15, 0.2) is 30.3 Å². The topological polar surface area (TPSA) is 43.4 Å². The van der Waals surface area contributed by atoms with Crippen molar-refractivity contribution in [2.24, 2.45) is 5.41 Å². The molecule has 0 radical (unpaired) electrons. The molecule has 1 atom stereocenters. The van der Waals surface area contributed by atoms with Crippen LogP contribution in [0.1, 0.15) is 45.6 Å². The molecule has 3 heteroatoms. The third-order valence-corrected chi connectivity index (χ3v) is 3.35. The zero-order valence-electron chi connectivity index (χ0n) is 11.9. The lowest BCUT2D eigenvalue weighted by molar-refractivity contribution is -0.161. The number of Topliss-reactive ketones (excluding diaryl/α,β-unsaturated/α-hetero) is 1. The van der Waals surface area contributed by atoms with Crippen molar-refractivity contribution in [3.8, 4) is 0 Å². The number of carbonyl (C=O) groups is 2. The summed E-state index contributed by atoms with van der Waals surface area (Å²) in [7, 11) is 0. The maximum absolute atomic E-state index is 12.2. The Hall–Kier alpha value is -1.64. The molecule has 0 spiro atoms. The minimum atomic E-state index is -1.00. The molecule has 0 N–H and O–H groups in total. The molecule has 1 aromatic rings. The number of ether oxygens (including phenoxy) is 1. The molecule has 19 heavy (non-hydrogen) atoms. The molecule has 0 aliphatic heterocycles. The fourth-order valence-corrected chi connectivity index (χ4v) is 2.13.